The molecule has 0 saturated heterocycles. The van der Waals surface area contributed by atoms with E-state index in [9.17, 15) is 0 Å². The fourth-order valence-corrected chi connectivity index (χ4v) is 0.400. The predicted molar refractivity (Wildman–Crippen MR) is 33.3 cm³/mol. The molecule has 1 radical (unpaired) electrons. The van der Waals surface area contributed by atoms with Crippen LogP contribution in [0.1, 0.15) is 0 Å². The lowest BCUT2D eigenvalue weighted by Crippen LogP contribution is -1.79. The van der Waals surface area contributed by atoms with Gasteiger partial charge in [0.1, 0.15) is 0 Å². The van der Waals surface area contributed by atoms with Crippen LogP contribution in [0.4, 0.5) is 5.69 Å². The van der Waals surface area contributed by atoms with Crippen LogP contribution in [0.2, 0.25) is 0 Å². The summed E-state index contributed by atoms with van der Waals surface area (Å²) in [6, 6.07) is 10.0. The van der Waals surface area contributed by atoms with Crippen LogP contribution in [0.5, 0.6) is 0 Å². The molecule has 2 nitrogen and oxygen atoms in total. The predicted octanol–water partition coefficient (Wildman–Crippen LogP) is 0.244. The van der Waals surface area contributed by atoms with E-state index in [0.29, 0.717) is 0 Å². The van der Waals surface area contributed by atoms with Gasteiger partial charge in [-0.15, -0.1) is 0 Å². The Labute approximate surface area is 48.3 Å². The Morgan fingerprint density at radius 2 is 1.75 bits per heavy atom. The first-order valence-corrected chi connectivity index (χ1v) is 2.11. The maximum absolute atomic E-state index is 5.34. The summed E-state index contributed by atoms with van der Waals surface area (Å²) < 4.78 is 0. The molecule has 2 heteroatoms. The van der Waals surface area contributed by atoms with E-state index in [4.69, 9.17) is 5.73 Å². The molecule has 1 aromatic carbocycles. The summed E-state index contributed by atoms with van der Waals surface area (Å²) in [5.74, 6) is 0. The number of benzene rings is 1. The molecule has 0 aliphatic rings. The highest BCUT2D eigenvalue weighted by atomic mass is 16.0. The minimum Gasteiger partial charge on any atom is -0.412 e. The van der Waals surface area contributed by atoms with Crippen molar-refractivity contribution in [2.75, 3.05) is 5.73 Å². The standard InChI is InChI=1S/C6H6N.H2O/c7-6-4-2-1-3-5-6;/h2-5H,7H2;1H2. The third-order valence-electron chi connectivity index (χ3n) is 0.744. The molecule has 4 N–H and O–H groups in total. The molecular formula is C6H8NO. The number of anilines is 1. The molecule has 0 aromatic heterocycles. The van der Waals surface area contributed by atoms with Crippen LogP contribution < -0.4 is 5.73 Å². The van der Waals surface area contributed by atoms with Crippen LogP contribution in [-0.4, -0.2) is 5.48 Å². The van der Waals surface area contributed by atoms with Crippen molar-refractivity contribution in [2.45, 2.75) is 0 Å². The lowest BCUT2D eigenvalue weighted by Gasteiger charge is -1.83. The van der Waals surface area contributed by atoms with E-state index >= 15 is 0 Å². The minimum absolute atomic E-state index is 0. The highest BCUT2D eigenvalue weighted by molar-refractivity contribution is 5.35. The zero-order chi connectivity index (χ0) is 5.11. The minimum atomic E-state index is 0. The Morgan fingerprint density at radius 3 is 2.00 bits per heavy atom. The van der Waals surface area contributed by atoms with E-state index < -0.39 is 0 Å². The van der Waals surface area contributed by atoms with Gasteiger partial charge < -0.3 is 11.2 Å². The first kappa shape index (κ1) is 6.98. The Bertz CT molecular complexity index is 138. The van der Waals surface area contributed by atoms with Gasteiger partial charge in [-0.05, 0) is 18.2 Å². The summed E-state index contributed by atoms with van der Waals surface area (Å²) >= 11 is 0. The lowest BCUT2D eigenvalue weighted by molar-refractivity contribution is 0.824. The van der Waals surface area contributed by atoms with Crippen LogP contribution in [0.3, 0.4) is 0 Å². The fourth-order valence-electron chi connectivity index (χ4n) is 0.400. The summed E-state index contributed by atoms with van der Waals surface area (Å²) in [6.45, 7) is 0. The van der Waals surface area contributed by atoms with Crippen molar-refractivity contribution in [1.82, 2.24) is 0 Å². The average molecular weight is 110 g/mol. The summed E-state index contributed by atoms with van der Waals surface area (Å²) in [4.78, 5) is 0. The molecule has 0 heterocycles. The average Bonchev–Trinajstić information content (AvgIpc) is 1.69. The molecule has 0 saturated carbocycles. The van der Waals surface area contributed by atoms with Gasteiger partial charge in [0.2, 0.25) is 0 Å². The first-order valence-electron chi connectivity index (χ1n) is 2.11. The van der Waals surface area contributed by atoms with E-state index in [2.05, 4.69) is 6.07 Å². The Balaban J connectivity index is 0.000000490. The van der Waals surface area contributed by atoms with Crippen molar-refractivity contribution in [3.63, 3.8) is 0 Å². The third kappa shape index (κ3) is 1.62. The molecule has 0 bridgehead atoms. The van der Waals surface area contributed by atoms with Gasteiger partial charge in [-0.2, -0.15) is 0 Å². The molecule has 8 heavy (non-hydrogen) atoms. The van der Waals surface area contributed by atoms with Gasteiger partial charge in [0.15, 0.2) is 0 Å². The van der Waals surface area contributed by atoms with Gasteiger partial charge in [-0.1, -0.05) is 12.1 Å². The summed E-state index contributed by atoms with van der Waals surface area (Å²) in [5, 5.41) is 0. The molecule has 0 fully saturated rings. The van der Waals surface area contributed by atoms with Crippen LogP contribution in [-0.2, 0) is 0 Å². The Morgan fingerprint density at radius 1 is 1.25 bits per heavy atom. The van der Waals surface area contributed by atoms with Crippen molar-refractivity contribution < 1.29 is 5.48 Å². The molecule has 0 spiro atoms. The number of nitrogen functional groups attached to an aromatic ring is 1. The van der Waals surface area contributed by atoms with Crippen LogP contribution in [0.25, 0.3) is 0 Å². The Hall–Kier alpha value is -1.02. The monoisotopic (exact) mass is 110 g/mol. The second-order valence-electron chi connectivity index (χ2n) is 1.33. The molecule has 0 aliphatic carbocycles. The second kappa shape index (κ2) is 3.04. The van der Waals surface area contributed by atoms with Crippen molar-refractivity contribution in [2.24, 2.45) is 0 Å². The molecule has 1 aromatic rings. The molecule has 0 aliphatic heterocycles. The number of rotatable bonds is 0. The largest absolute Gasteiger partial charge is 0.412 e. The zero-order valence-corrected chi connectivity index (χ0v) is 4.39. The highest BCUT2D eigenvalue weighted by Gasteiger charge is 1.72. The van der Waals surface area contributed by atoms with Crippen LogP contribution >= 0.6 is 0 Å². The quantitative estimate of drug-likeness (QED) is 0.478. The van der Waals surface area contributed by atoms with E-state index in [-0.39, 0.29) is 5.48 Å². The summed E-state index contributed by atoms with van der Waals surface area (Å²) in [6.07, 6.45) is 0. The normalized spacial score (nSPS) is 7.50. The Kier molecular flexibility index (Phi) is 2.66. The number of hydrogen-bond donors (Lipinski definition) is 1. The van der Waals surface area contributed by atoms with Crippen molar-refractivity contribution in [1.29, 1.82) is 0 Å². The van der Waals surface area contributed by atoms with Crippen LogP contribution in [0.15, 0.2) is 24.3 Å². The summed E-state index contributed by atoms with van der Waals surface area (Å²) in [7, 11) is 0. The zero-order valence-electron chi connectivity index (χ0n) is 4.39. The van der Waals surface area contributed by atoms with Gasteiger partial charge in [0.05, 0.1) is 0 Å². The van der Waals surface area contributed by atoms with E-state index in [1.807, 2.05) is 0 Å². The lowest BCUT2D eigenvalue weighted by atomic mass is 10.3. The van der Waals surface area contributed by atoms with Crippen molar-refractivity contribution in [3.05, 3.63) is 30.3 Å². The third-order valence-corrected chi connectivity index (χ3v) is 0.744. The highest BCUT2D eigenvalue weighted by Crippen LogP contribution is 1.95. The van der Waals surface area contributed by atoms with Gasteiger partial charge >= 0.3 is 0 Å². The van der Waals surface area contributed by atoms with E-state index in [0.717, 1.165) is 5.69 Å². The topological polar surface area (TPSA) is 57.5 Å². The molecular weight excluding hydrogens is 102 g/mol. The van der Waals surface area contributed by atoms with Crippen molar-refractivity contribution >= 4 is 5.69 Å². The number of nitrogens with two attached hydrogens (primary N) is 1. The maximum Gasteiger partial charge on any atom is 0.0314 e. The van der Waals surface area contributed by atoms with E-state index in [1.165, 1.54) is 0 Å². The fraction of sp³-hybridized carbons (Fsp3) is 0. The SMILES string of the molecule is Nc1cc[c]cc1.O. The van der Waals surface area contributed by atoms with Gasteiger partial charge in [-0.3, -0.25) is 0 Å². The number of hydrogen-bond acceptors (Lipinski definition) is 1. The maximum atomic E-state index is 5.34. The van der Waals surface area contributed by atoms with Gasteiger partial charge in [0.25, 0.3) is 0 Å². The van der Waals surface area contributed by atoms with Gasteiger partial charge in [0, 0.05) is 5.69 Å². The van der Waals surface area contributed by atoms with Gasteiger partial charge in [-0.25, -0.2) is 0 Å². The van der Waals surface area contributed by atoms with Crippen LogP contribution in [0, 0.1) is 6.07 Å². The first-order chi connectivity index (χ1) is 3.39. The van der Waals surface area contributed by atoms with Crippen molar-refractivity contribution in [3.8, 4) is 0 Å². The molecule has 43 valence electrons. The summed E-state index contributed by atoms with van der Waals surface area (Å²) in [5.41, 5.74) is 6.13. The molecule has 1 rings (SSSR count). The smallest absolute Gasteiger partial charge is 0.0314 e. The second-order valence-corrected chi connectivity index (χ2v) is 1.33. The molecule has 0 atom stereocenters. The molecule has 0 unspecified atom stereocenters. The molecule has 0 amide bonds. The van der Waals surface area contributed by atoms with E-state index in [1.54, 1.807) is 24.3 Å².